The lowest BCUT2D eigenvalue weighted by Gasteiger charge is -2.21. The van der Waals surface area contributed by atoms with Crippen LogP contribution < -0.4 is 0 Å². The molecule has 0 aromatic rings. The van der Waals surface area contributed by atoms with Gasteiger partial charge in [0.1, 0.15) is 0 Å². The predicted octanol–water partition coefficient (Wildman–Crippen LogP) is 3.97. The number of ether oxygens (including phenoxy) is 1. The largest absolute Gasteiger partial charge is 0.455 e. The third-order valence-electron chi connectivity index (χ3n) is 2.04. The van der Waals surface area contributed by atoms with Crippen molar-refractivity contribution in [2.45, 2.75) is 47.0 Å². The van der Waals surface area contributed by atoms with Crippen molar-refractivity contribution in [1.82, 2.24) is 0 Å². The van der Waals surface area contributed by atoms with Crippen LogP contribution in [0.15, 0.2) is 16.9 Å². The van der Waals surface area contributed by atoms with Crippen LogP contribution in [0.1, 0.15) is 34.6 Å². The molecule has 0 aromatic heterocycles. The standard InChI is InChI=1S/C13H18F4O2/c1-8(2)6-9(12(3,4)5)10(18)19-7-13(16,17)11(14)15/h11H,7H2,1-5H3. The second kappa shape index (κ2) is 6.24. The van der Waals surface area contributed by atoms with Gasteiger partial charge < -0.3 is 4.74 Å². The second-order valence-electron chi connectivity index (χ2n) is 5.39. The predicted molar refractivity (Wildman–Crippen MR) is 63.3 cm³/mol. The van der Waals surface area contributed by atoms with Crippen molar-refractivity contribution in [2.24, 2.45) is 5.41 Å². The minimum atomic E-state index is -4.34. The number of carbonyl (C=O) groups excluding carboxylic acids is 1. The Labute approximate surface area is 110 Å². The molecule has 19 heavy (non-hydrogen) atoms. The van der Waals surface area contributed by atoms with Gasteiger partial charge in [-0.25, -0.2) is 13.6 Å². The fourth-order valence-corrected chi connectivity index (χ4v) is 1.09. The van der Waals surface area contributed by atoms with E-state index in [0.29, 0.717) is 5.57 Å². The number of esters is 1. The molecule has 0 aliphatic rings. The van der Waals surface area contributed by atoms with E-state index in [-0.39, 0.29) is 5.57 Å². The molecule has 0 aliphatic carbocycles. The van der Waals surface area contributed by atoms with E-state index in [4.69, 9.17) is 0 Å². The Balaban J connectivity index is 5.06. The summed E-state index contributed by atoms with van der Waals surface area (Å²) in [5.74, 6) is -5.40. The van der Waals surface area contributed by atoms with E-state index in [1.54, 1.807) is 34.6 Å². The first kappa shape index (κ1) is 17.7. The van der Waals surface area contributed by atoms with Crippen LogP contribution in [0.2, 0.25) is 0 Å². The fraction of sp³-hybridized carbons (Fsp3) is 0.692. The molecule has 0 radical (unpaired) electrons. The normalized spacial score (nSPS) is 12.1. The van der Waals surface area contributed by atoms with Crippen molar-refractivity contribution in [2.75, 3.05) is 6.61 Å². The van der Waals surface area contributed by atoms with Gasteiger partial charge >= 0.3 is 18.3 Å². The van der Waals surface area contributed by atoms with Crippen LogP contribution >= 0.6 is 0 Å². The lowest BCUT2D eigenvalue weighted by molar-refractivity contribution is -0.177. The minimum absolute atomic E-state index is 0.0394. The molecule has 0 rings (SSSR count). The van der Waals surface area contributed by atoms with Crippen LogP contribution in [-0.2, 0) is 9.53 Å². The van der Waals surface area contributed by atoms with Gasteiger partial charge in [-0.1, -0.05) is 20.8 Å². The molecule has 0 bridgehead atoms. The summed E-state index contributed by atoms with van der Waals surface area (Å²) in [7, 11) is 0. The van der Waals surface area contributed by atoms with Gasteiger partial charge in [-0.15, -0.1) is 5.73 Å². The van der Waals surface area contributed by atoms with E-state index in [9.17, 15) is 22.4 Å². The van der Waals surface area contributed by atoms with Gasteiger partial charge in [0, 0.05) is 5.41 Å². The molecule has 2 nitrogen and oxygen atoms in total. The highest BCUT2D eigenvalue weighted by Crippen LogP contribution is 2.28. The van der Waals surface area contributed by atoms with Crippen molar-refractivity contribution in [3.8, 4) is 0 Å². The number of hydrogen-bond acceptors (Lipinski definition) is 2. The number of carbonyl (C=O) groups is 1. The Morgan fingerprint density at radius 3 is 2.00 bits per heavy atom. The van der Waals surface area contributed by atoms with Gasteiger partial charge in [0.15, 0.2) is 6.61 Å². The summed E-state index contributed by atoms with van der Waals surface area (Å²) in [4.78, 5) is 11.7. The van der Waals surface area contributed by atoms with E-state index in [1.807, 2.05) is 0 Å². The molecule has 0 saturated heterocycles. The Morgan fingerprint density at radius 2 is 1.68 bits per heavy atom. The summed E-state index contributed by atoms with van der Waals surface area (Å²) >= 11 is 0. The SMILES string of the molecule is CC(C)=C=C(C(=O)OCC(F)(F)C(F)F)C(C)(C)C. The van der Waals surface area contributed by atoms with Crippen LogP contribution in [0.5, 0.6) is 0 Å². The third-order valence-corrected chi connectivity index (χ3v) is 2.04. The number of hydrogen-bond donors (Lipinski definition) is 0. The molecule has 0 N–H and O–H groups in total. The first-order valence-electron chi connectivity index (χ1n) is 5.65. The summed E-state index contributed by atoms with van der Waals surface area (Å²) < 4.78 is 53.5. The second-order valence-corrected chi connectivity index (χ2v) is 5.39. The Hall–Kier alpha value is -1.29. The van der Waals surface area contributed by atoms with Crippen LogP contribution in [-0.4, -0.2) is 24.9 Å². The van der Waals surface area contributed by atoms with Crippen molar-refractivity contribution >= 4 is 5.97 Å². The van der Waals surface area contributed by atoms with Crippen molar-refractivity contribution in [3.63, 3.8) is 0 Å². The van der Waals surface area contributed by atoms with Crippen LogP contribution in [0.3, 0.4) is 0 Å². The maximum absolute atomic E-state index is 12.7. The van der Waals surface area contributed by atoms with Gasteiger partial charge in [-0.05, 0) is 19.4 Å². The first-order valence-corrected chi connectivity index (χ1v) is 5.65. The lowest BCUT2D eigenvalue weighted by atomic mass is 9.86. The minimum Gasteiger partial charge on any atom is -0.455 e. The molecule has 0 saturated carbocycles. The molecule has 0 heterocycles. The Kier molecular flexibility index (Phi) is 5.82. The third kappa shape index (κ3) is 5.92. The highest BCUT2D eigenvalue weighted by Gasteiger charge is 2.42. The summed E-state index contributed by atoms with van der Waals surface area (Å²) in [5, 5.41) is 0. The number of rotatable bonds is 4. The maximum Gasteiger partial charge on any atom is 0.342 e. The average Bonchev–Trinajstić information content (AvgIpc) is 2.20. The molecule has 0 atom stereocenters. The molecular weight excluding hydrogens is 264 g/mol. The van der Waals surface area contributed by atoms with Crippen LogP contribution in [0, 0.1) is 5.41 Å². The Morgan fingerprint density at radius 1 is 1.21 bits per heavy atom. The van der Waals surface area contributed by atoms with Gasteiger partial charge in [-0.3, -0.25) is 0 Å². The highest BCUT2D eigenvalue weighted by molar-refractivity contribution is 5.89. The van der Waals surface area contributed by atoms with E-state index in [0.717, 1.165) is 0 Å². The molecular formula is C13H18F4O2. The van der Waals surface area contributed by atoms with Crippen LogP contribution in [0.4, 0.5) is 17.6 Å². The summed E-state index contributed by atoms with van der Waals surface area (Å²) in [6.07, 6.45) is -3.87. The molecule has 6 heteroatoms. The zero-order valence-corrected chi connectivity index (χ0v) is 11.6. The molecule has 110 valence electrons. The van der Waals surface area contributed by atoms with Crippen molar-refractivity contribution in [1.29, 1.82) is 0 Å². The zero-order chi connectivity index (χ0) is 15.4. The molecule has 0 spiro atoms. The molecule has 0 aliphatic heterocycles. The van der Waals surface area contributed by atoms with Gasteiger partial charge in [0.2, 0.25) is 0 Å². The van der Waals surface area contributed by atoms with E-state index in [1.165, 1.54) is 0 Å². The van der Waals surface area contributed by atoms with Gasteiger partial charge in [-0.2, -0.15) is 8.78 Å². The quantitative estimate of drug-likeness (QED) is 0.337. The van der Waals surface area contributed by atoms with E-state index < -0.39 is 30.3 Å². The van der Waals surface area contributed by atoms with Crippen LogP contribution in [0.25, 0.3) is 0 Å². The van der Waals surface area contributed by atoms with Gasteiger partial charge in [0.25, 0.3) is 0 Å². The zero-order valence-electron chi connectivity index (χ0n) is 11.6. The number of halogens is 4. The fourth-order valence-electron chi connectivity index (χ4n) is 1.09. The highest BCUT2D eigenvalue weighted by atomic mass is 19.3. The van der Waals surface area contributed by atoms with E-state index in [2.05, 4.69) is 10.5 Å². The van der Waals surface area contributed by atoms with Gasteiger partial charge in [0.05, 0.1) is 5.57 Å². The smallest absolute Gasteiger partial charge is 0.342 e. The number of alkyl halides is 4. The molecule has 0 amide bonds. The monoisotopic (exact) mass is 282 g/mol. The van der Waals surface area contributed by atoms with Crippen molar-refractivity contribution in [3.05, 3.63) is 16.9 Å². The summed E-state index contributed by atoms with van der Waals surface area (Å²) in [5.41, 5.74) is 2.72. The molecule has 0 aromatic carbocycles. The molecule has 0 fully saturated rings. The summed E-state index contributed by atoms with van der Waals surface area (Å²) in [6, 6.07) is 0. The topological polar surface area (TPSA) is 26.3 Å². The van der Waals surface area contributed by atoms with E-state index >= 15 is 0 Å². The van der Waals surface area contributed by atoms with Crippen molar-refractivity contribution < 1.29 is 27.1 Å². The maximum atomic E-state index is 12.7. The molecule has 0 unspecified atom stereocenters. The first-order chi connectivity index (χ1) is 8.38. The average molecular weight is 282 g/mol. The Bertz CT molecular complexity index is 395. The lowest BCUT2D eigenvalue weighted by Crippen LogP contribution is -2.34. The summed E-state index contributed by atoms with van der Waals surface area (Å²) in [6.45, 7) is 6.72.